The number of anilines is 1. The first-order valence-corrected chi connectivity index (χ1v) is 13.1. The molecule has 13 heteroatoms. The van der Waals surface area contributed by atoms with Gasteiger partial charge in [0.2, 0.25) is 11.8 Å². The number of nitrogens with two attached hydrogens (primary N) is 1. The van der Waals surface area contributed by atoms with Gasteiger partial charge in [0.05, 0.1) is 31.1 Å². The summed E-state index contributed by atoms with van der Waals surface area (Å²) in [6.45, 7) is 5.98. The van der Waals surface area contributed by atoms with Crippen LogP contribution >= 0.6 is 0 Å². The number of aromatic amines is 1. The number of halogens is 1. The minimum atomic E-state index is -0.745. The van der Waals surface area contributed by atoms with Gasteiger partial charge in [-0.1, -0.05) is 19.9 Å². The summed E-state index contributed by atoms with van der Waals surface area (Å²) in [5.74, 6) is -0.162. The van der Waals surface area contributed by atoms with E-state index in [2.05, 4.69) is 44.6 Å². The van der Waals surface area contributed by atoms with Crippen LogP contribution in [0.2, 0.25) is 0 Å². The lowest BCUT2D eigenvalue weighted by molar-refractivity contribution is -0.123. The predicted molar refractivity (Wildman–Crippen MR) is 154 cm³/mol. The Hall–Kier alpha value is -4.55. The van der Waals surface area contributed by atoms with E-state index >= 15 is 0 Å². The fourth-order valence-electron chi connectivity index (χ4n) is 3.72. The van der Waals surface area contributed by atoms with Gasteiger partial charge in [0, 0.05) is 26.2 Å². The van der Waals surface area contributed by atoms with Gasteiger partial charge >= 0.3 is 6.09 Å². The van der Waals surface area contributed by atoms with Crippen LogP contribution in [0.25, 0.3) is 11.0 Å². The molecule has 12 nitrogen and oxygen atoms in total. The standard InChI is InChI=1S/C26H33FN6O3.C2H5NO2/c1-16(2)13-20-25-24(18(27)14-28-20)30-21(31-25)15-33-17(3)11-12-19(26(33)36)29-22(34)9-7-6-8-10-23(35)32(4)5;1-5-2(3)4/h8,10-12,14,16H,6-7,9,13,15H2,1-5H3,(H,29,34)(H,30,31);1H3,(H2,3,4)/b10-8+;. The molecule has 0 saturated carbocycles. The molecule has 3 rings (SSSR count). The highest BCUT2D eigenvalue weighted by molar-refractivity contribution is 5.90. The van der Waals surface area contributed by atoms with Crippen molar-refractivity contribution in [2.24, 2.45) is 11.7 Å². The number of pyridine rings is 2. The number of fused-ring (bicyclic) bond motifs is 1. The third-order valence-corrected chi connectivity index (χ3v) is 5.85. The second-order valence-electron chi connectivity index (χ2n) is 9.94. The Balaban J connectivity index is 0.00000108. The Morgan fingerprint density at radius 3 is 2.56 bits per heavy atom. The number of rotatable bonds is 10. The van der Waals surface area contributed by atoms with E-state index in [9.17, 15) is 23.6 Å². The van der Waals surface area contributed by atoms with Crippen LogP contribution < -0.4 is 16.6 Å². The van der Waals surface area contributed by atoms with Gasteiger partial charge in [-0.2, -0.15) is 0 Å². The molecule has 0 aliphatic carbocycles. The van der Waals surface area contributed by atoms with Crippen molar-refractivity contribution in [2.75, 3.05) is 26.5 Å². The average molecular weight is 572 g/mol. The molecule has 222 valence electrons. The maximum atomic E-state index is 14.4. The number of nitrogens with zero attached hydrogens (tertiary/aromatic N) is 4. The number of amides is 3. The Labute approximate surface area is 237 Å². The number of unbranched alkanes of at least 4 members (excludes halogenated alkanes) is 1. The van der Waals surface area contributed by atoms with Gasteiger partial charge in [-0.3, -0.25) is 19.4 Å². The van der Waals surface area contributed by atoms with Crippen molar-refractivity contribution in [3.05, 3.63) is 63.9 Å². The van der Waals surface area contributed by atoms with E-state index in [4.69, 9.17) is 0 Å². The quantitative estimate of drug-likeness (QED) is 0.248. The van der Waals surface area contributed by atoms with Crippen LogP contribution in [-0.4, -0.2) is 63.5 Å². The normalized spacial score (nSPS) is 10.9. The fraction of sp³-hybridized carbons (Fsp3) is 0.429. The van der Waals surface area contributed by atoms with E-state index < -0.39 is 11.9 Å². The zero-order valence-electron chi connectivity index (χ0n) is 24.3. The zero-order valence-corrected chi connectivity index (χ0v) is 24.3. The molecule has 0 atom stereocenters. The summed E-state index contributed by atoms with van der Waals surface area (Å²) in [7, 11) is 4.56. The monoisotopic (exact) mass is 571 g/mol. The largest absolute Gasteiger partial charge is 0.453 e. The van der Waals surface area contributed by atoms with Crippen molar-refractivity contribution in [3.8, 4) is 0 Å². The van der Waals surface area contributed by atoms with E-state index in [0.717, 1.165) is 5.69 Å². The summed E-state index contributed by atoms with van der Waals surface area (Å²) in [5.41, 5.74) is 6.36. The SMILES string of the molecule is COC(N)=O.Cc1ccc(NC(=O)CCC/C=C/C(=O)N(C)C)c(=O)n1Cc1nc2c(F)cnc(CC(C)C)c2[nH]1. The lowest BCUT2D eigenvalue weighted by Crippen LogP contribution is -2.27. The summed E-state index contributed by atoms with van der Waals surface area (Å²) >= 11 is 0. The van der Waals surface area contributed by atoms with Crippen LogP contribution in [0.4, 0.5) is 14.9 Å². The first-order valence-electron chi connectivity index (χ1n) is 13.1. The van der Waals surface area contributed by atoms with Crippen LogP contribution in [0.15, 0.2) is 35.3 Å². The molecule has 0 radical (unpaired) electrons. The van der Waals surface area contributed by atoms with Gasteiger partial charge in [0.15, 0.2) is 5.82 Å². The third-order valence-electron chi connectivity index (χ3n) is 5.85. The number of carbonyl (C=O) groups is 3. The molecule has 4 N–H and O–H groups in total. The topological polar surface area (TPSA) is 165 Å². The van der Waals surface area contributed by atoms with Crippen LogP contribution in [0.1, 0.15) is 50.3 Å². The number of aryl methyl sites for hydroxylation is 1. The highest BCUT2D eigenvalue weighted by Crippen LogP contribution is 2.21. The lowest BCUT2D eigenvalue weighted by atomic mass is 10.1. The smallest absolute Gasteiger partial charge is 0.404 e. The number of primary amides is 1. The summed E-state index contributed by atoms with van der Waals surface area (Å²) in [5, 5.41) is 2.68. The minimum absolute atomic E-state index is 0.0916. The number of carbonyl (C=O) groups excluding carboxylic acids is 3. The molecule has 0 fully saturated rings. The highest BCUT2D eigenvalue weighted by atomic mass is 19.1. The lowest BCUT2D eigenvalue weighted by Gasteiger charge is -2.11. The molecule has 0 aliphatic heterocycles. The van der Waals surface area contributed by atoms with Crippen LogP contribution in [0.5, 0.6) is 0 Å². The van der Waals surface area contributed by atoms with Crippen LogP contribution in [0, 0.1) is 18.7 Å². The van der Waals surface area contributed by atoms with Gasteiger partial charge in [-0.15, -0.1) is 0 Å². The van der Waals surface area contributed by atoms with Gasteiger partial charge in [0.25, 0.3) is 5.56 Å². The van der Waals surface area contributed by atoms with Crippen LogP contribution in [-0.2, 0) is 27.3 Å². The van der Waals surface area contributed by atoms with Crippen LogP contribution in [0.3, 0.4) is 0 Å². The van der Waals surface area contributed by atoms with E-state index in [1.807, 2.05) is 0 Å². The Morgan fingerprint density at radius 1 is 1.27 bits per heavy atom. The second kappa shape index (κ2) is 15.3. The minimum Gasteiger partial charge on any atom is -0.453 e. The molecule has 41 heavy (non-hydrogen) atoms. The molecule has 0 aliphatic rings. The van der Waals surface area contributed by atoms with E-state index in [-0.39, 0.29) is 41.5 Å². The van der Waals surface area contributed by atoms with Gasteiger partial charge in [-0.05, 0) is 50.3 Å². The predicted octanol–water partition coefficient (Wildman–Crippen LogP) is 3.28. The summed E-state index contributed by atoms with van der Waals surface area (Å²) in [6.07, 6.45) is 5.62. The van der Waals surface area contributed by atoms with Crippen molar-refractivity contribution in [2.45, 2.75) is 53.0 Å². The number of likely N-dealkylation sites (N-methyl/N-ethyl adjacent to an activating group) is 1. The molecule has 3 heterocycles. The number of imidazole rings is 1. The summed E-state index contributed by atoms with van der Waals surface area (Å²) in [6, 6.07) is 3.31. The van der Waals surface area contributed by atoms with Crippen molar-refractivity contribution in [1.29, 1.82) is 0 Å². The third kappa shape index (κ3) is 9.85. The number of aromatic nitrogens is 4. The number of hydrogen-bond donors (Lipinski definition) is 3. The molecular weight excluding hydrogens is 533 g/mol. The van der Waals surface area contributed by atoms with Crippen molar-refractivity contribution in [1.82, 2.24) is 24.4 Å². The van der Waals surface area contributed by atoms with Gasteiger partial charge in [-0.25, -0.2) is 14.2 Å². The maximum absolute atomic E-state index is 14.4. The molecule has 0 unspecified atom stereocenters. The average Bonchev–Trinajstić information content (AvgIpc) is 3.34. The first-order chi connectivity index (χ1) is 19.3. The number of hydrogen-bond acceptors (Lipinski definition) is 7. The molecule has 3 aromatic rings. The molecular formula is C28H38FN7O5. The maximum Gasteiger partial charge on any atom is 0.404 e. The van der Waals surface area contributed by atoms with E-state index in [1.54, 1.807) is 39.2 Å². The summed E-state index contributed by atoms with van der Waals surface area (Å²) in [4.78, 5) is 59.6. The van der Waals surface area contributed by atoms with Crippen molar-refractivity contribution in [3.63, 3.8) is 0 Å². The van der Waals surface area contributed by atoms with Gasteiger partial charge in [0.1, 0.15) is 17.0 Å². The number of allylic oxidation sites excluding steroid dienone is 1. The first kappa shape index (κ1) is 32.7. The molecule has 3 aromatic heterocycles. The molecule has 0 bridgehead atoms. The Bertz CT molecular complexity index is 1460. The number of ether oxygens (including phenoxy) is 1. The summed E-state index contributed by atoms with van der Waals surface area (Å²) < 4.78 is 19.7. The van der Waals surface area contributed by atoms with E-state index in [0.29, 0.717) is 42.2 Å². The number of H-pyrrole nitrogens is 1. The Morgan fingerprint density at radius 2 is 1.95 bits per heavy atom. The highest BCUT2D eigenvalue weighted by Gasteiger charge is 2.16. The second-order valence-corrected chi connectivity index (χ2v) is 9.94. The molecule has 0 aromatic carbocycles. The Kier molecular flexibility index (Phi) is 12.2. The fourth-order valence-corrected chi connectivity index (χ4v) is 3.72. The number of methoxy groups -OCH3 is 1. The van der Waals surface area contributed by atoms with Crippen molar-refractivity contribution >= 4 is 34.6 Å². The zero-order chi connectivity index (χ0) is 30.7. The van der Waals surface area contributed by atoms with Gasteiger partial charge < -0.3 is 30.2 Å². The molecule has 0 saturated heterocycles. The molecule has 0 spiro atoms. The molecule has 3 amide bonds. The van der Waals surface area contributed by atoms with E-state index in [1.165, 1.54) is 28.8 Å². The number of nitrogens with one attached hydrogen (secondary N) is 2. The van der Waals surface area contributed by atoms with Crippen molar-refractivity contribution < 1.29 is 23.5 Å².